The van der Waals surface area contributed by atoms with Crippen molar-refractivity contribution in [1.29, 1.82) is 0 Å². The molecule has 1 aromatic rings. The van der Waals surface area contributed by atoms with Gasteiger partial charge in [0.25, 0.3) is 0 Å². The topological polar surface area (TPSA) is 50.7 Å². The van der Waals surface area contributed by atoms with Crippen molar-refractivity contribution in [2.45, 2.75) is 31.7 Å². The largest absolute Gasteiger partial charge is 0.389 e. The summed E-state index contributed by atoms with van der Waals surface area (Å²) in [6, 6.07) is 4.04. The van der Waals surface area contributed by atoms with Crippen LogP contribution < -0.4 is 5.32 Å². The molecule has 0 aromatic carbocycles. The first-order valence-electron chi connectivity index (χ1n) is 6.45. The first-order valence-corrected chi connectivity index (χ1v) is 7.33. The molecule has 0 saturated carbocycles. The molecule has 0 spiro atoms. The van der Waals surface area contributed by atoms with Crippen molar-refractivity contribution < 1.29 is 14.6 Å². The zero-order chi connectivity index (χ0) is 12.6. The Balaban J connectivity index is 1.48. The minimum absolute atomic E-state index is 0.323. The smallest absolute Gasteiger partial charge is 0.0897 e. The Morgan fingerprint density at radius 2 is 2.56 bits per heavy atom. The van der Waals surface area contributed by atoms with Gasteiger partial charge in [-0.1, -0.05) is 6.07 Å². The van der Waals surface area contributed by atoms with E-state index in [1.54, 1.807) is 11.3 Å². The van der Waals surface area contributed by atoms with Gasteiger partial charge in [-0.15, -0.1) is 11.3 Å². The maximum Gasteiger partial charge on any atom is 0.0897 e. The van der Waals surface area contributed by atoms with Crippen LogP contribution in [0.2, 0.25) is 0 Å². The Hall–Kier alpha value is -0.460. The van der Waals surface area contributed by atoms with Gasteiger partial charge in [0.1, 0.15) is 0 Å². The molecule has 0 bridgehead atoms. The van der Waals surface area contributed by atoms with Crippen LogP contribution in [0.25, 0.3) is 0 Å². The van der Waals surface area contributed by atoms with Crippen LogP contribution in [0.5, 0.6) is 0 Å². The van der Waals surface area contributed by atoms with Crippen molar-refractivity contribution in [3.8, 4) is 0 Å². The van der Waals surface area contributed by atoms with Gasteiger partial charge in [-0.3, -0.25) is 0 Å². The average molecular weight is 271 g/mol. The first kappa shape index (κ1) is 14.0. The molecule has 1 fully saturated rings. The van der Waals surface area contributed by atoms with Crippen LogP contribution in [0, 0.1) is 0 Å². The lowest BCUT2D eigenvalue weighted by molar-refractivity contribution is 0.0275. The second-order valence-electron chi connectivity index (χ2n) is 4.54. The van der Waals surface area contributed by atoms with Gasteiger partial charge in [-0.05, 0) is 24.3 Å². The summed E-state index contributed by atoms with van der Waals surface area (Å²) in [5, 5.41) is 15.0. The predicted octanol–water partition coefficient (Wildman–Crippen LogP) is 1.39. The van der Waals surface area contributed by atoms with Crippen LogP contribution in [0.1, 0.15) is 17.7 Å². The molecule has 0 amide bonds. The lowest BCUT2D eigenvalue weighted by Gasteiger charge is -2.14. The molecular weight excluding hydrogens is 250 g/mol. The van der Waals surface area contributed by atoms with Gasteiger partial charge in [-0.25, -0.2) is 0 Å². The second-order valence-corrected chi connectivity index (χ2v) is 5.57. The summed E-state index contributed by atoms with van der Waals surface area (Å²) >= 11 is 1.67. The van der Waals surface area contributed by atoms with E-state index in [1.165, 1.54) is 4.88 Å². The number of hydrogen-bond acceptors (Lipinski definition) is 5. The lowest BCUT2D eigenvalue weighted by atomic mass is 10.2. The number of thiophene rings is 1. The summed E-state index contributed by atoms with van der Waals surface area (Å²) in [4.78, 5) is 1.19. The van der Waals surface area contributed by atoms with E-state index >= 15 is 0 Å². The molecule has 1 aliphatic heterocycles. The summed E-state index contributed by atoms with van der Waals surface area (Å²) in [5.74, 6) is 0. The Kier molecular flexibility index (Phi) is 6.10. The van der Waals surface area contributed by atoms with Crippen LogP contribution in [-0.2, 0) is 16.1 Å². The van der Waals surface area contributed by atoms with E-state index in [0.29, 0.717) is 25.9 Å². The highest BCUT2D eigenvalue weighted by Gasteiger charge is 2.15. The predicted molar refractivity (Wildman–Crippen MR) is 71.8 cm³/mol. The average Bonchev–Trinajstić information content (AvgIpc) is 3.01. The van der Waals surface area contributed by atoms with Crippen molar-refractivity contribution in [3.63, 3.8) is 0 Å². The normalized spacial score (nSPS) is 21.3. The summed E-state index contributed by atoms with van der Waals surface area (Å²) in [5.41, 5.74) is 0. The Bertz CT molecular complexity index is 312. The zero-order valence-corrected chi connectivity index (χ0v) is 11.3. The summed E-state index contributed by atoms with van der Waals surface area (Å²) < 4.78 is 10.9. The molecule has 0 aliphatic carbocycles. The molecule has 1 saturated heterocycles. The second kappa shape index (κ2) is 7.86. The fourth-order valence-corrected chi connectivity index (χ4v) is 2.61. The first-order chi connectivity index (χ1) is 8.84. The number of nitrogens with one attached hydrogen (secondary N) is 1. The van der Waals surface area contributed by atoms with Gasteiger partial charge in [0, 0.05) is 24.6 Å². The Labute approximate surface area is 112 Å². The molecule has 2 heterocycles. The third kappa shape index (κ3) is 5.04. The molecule has 2 unspecified atom stereocenters. The molecule has 1 aliphatic rings. The van der Waals surface area contributed by atoms with E-state index in [-0.39, 0.29) is 0 Å². The summed E-state index contributed by atoms with van der Waals surface area (Å²) in [7, 11) is 0. The van der Waals surface area contributed by atoms with E-state index in [1.807, 2.05) is 17.5 Å². The van der Waals surface area contributed by atoms with Crippen LogP contribution in [-0.4, -0.2) is 43.6 Å². The molecule has 0 radical (unpaired) electrons. The van der Waals surface area contributed by atoms with E-state index in [2.05, 4.69) is 5.32 Å². The molecule has 2 rings (SSSR count). The lowest BCUT2D eigenvalue weighted by Crippen LogP contribution is -2.35. The fraction of sp³-hybridized carbons (Fsp3) is 0.692. The zero-order valence-electron chi connectivity index (χ0n) is 10.5. The van der Waals surface area contributed by atoms with E-state index in [9.17, 15) is 5.11 Å². The van der Waals surface area contributed by atoms with Crippen molar-refractivity contribution >= 4 is 11.3 Å². The summed E-state index contributed by atoms with van der Waals surface area (Å²) in [6.07, 6.45) is 2.15. The molecule has 18 heavy (non-hydrogen) atoms. The van der Waals surface area contributed by atoms with Gasteiger partial charge in [0.05, 0.1) is 25.4 Å². The minimum Gasteiger partial charge on any atom is -0.389 e. The molecule has 2 atom stereocenters. The number of ether oxygens (including phenoxy) is 2. The van der Waals surface area contributed by atoms with Gasteiger partial charge < -0.3 is 19.9 Å². The van der Waals surface area contributed by atoms with Gasteiger partial charge >= 0.3 is 0 Å². The third-order valence-electron chi connectivity index (χ3n) is 2.91. The molecule has 1 aromatic heterocycles. The van der Waals surface area contributed by atoms with Crippen LogP contribution in [0.4, 0.5) is 0 Å². The van der Waals surface area contributed by atoms with Crippen LogP contribution >= 0.6 is 11.3 Å². The molecular formula is C13H21NO3S. The highest BCUT2D eigenvalue weighted by Crippen LogP contribution is 2.11. The van der Waals surface area contributed by atoms with Crippen molar-refractivity contribution in [3.05, 3.63) is 22.4 Å². The van der Waals surface area contributed by atoms with Gasteiger partial charge in [0.15, 0.2) is 0 Å². The minimum atomic E-state index is -0.452. The van der Waals surface area contributed by atoms with E-state index < -0.39 is 6.10 Å². The Morgan fingerprint density at radius 3 is 3.28 bits per heavy atom. The molecule has 2 N–H and O–H groups in total. The van der Waals surface area contributed by atoms with Gasteiger partial charge in [-0.2, -0.15) is 0 Å². The standard InChI is InChI=1S/C13H21NO3S/c15-11(7-14-8-12-3-1-5-17-12)9-16-10-13-4-2-6-18-13/h2,4,6,11-12,14-15H,1,3,5,7-10H2. The number of hydrogen-bond donors (Lipinski definition) is 2. The number of aliphatic hydroxyl groups is 1. The van der Waals surface area contributed by atoms with Crippen molar-refractivity contribution in [1.82, 2.24) is 5.32 Å². The summed E-state index contributed by atoms with van der Waals surface area (Å²) in [6.45, 7) is 3.21. The molecule has 5 heteroatoms. The monoisotopic (exact) mass is 271 g/mol. The number of rotatable bonds is 8. The number of aliphatic hydroxyl groups excluding tert-OH is 1. The van der Waals surface area contributed by atoms with Crippen molar-refractivity contribution in [2.24, 2.45) is 0 Å². The SMILES string of the molecule is OC(CNCC1CCCO1)COCc1cccs1. The molecule has 4 nitrogen and oxygen atoms in total. The van der Waals surface area contributed by atoms with Gasteiger partial charge in [0.2, 0.25) is 0 Å². The molecule has 102 valence electrons. The highest BCUT2D eigenvalue weighted by molar-refractivity contribution is 7.09. The third-order valence-corrected chi connectivity index (χ3v) is 3.76. The van der Waals surface area contributed by atoms with E-state index in [4.69, 9.17) is 9.47 Å². The quantitative estimate of drug-likeness (QED) is 0.750. The highest BCUT2D eigenvalue weighted by atomic mass is 32.1. The van der Waals surface area contributed by atoms with E-state index in [0.717, 1.165) is 26.0 Å². The van der Waals surface area contributed by atoms with Crippen LogP contribution in [0.3, 0.4) is 0 Å². The van der Waals surface area contributed by atoms with Crippen molar-refractivity contribution in [2.75, 3.05) is 26.3 Å². The Morgan fingerprint density at radius 1 is 1.61 bits per heavy atom. The maximum absolute atomic E-state index is 9.73. The van der Waals surface area contributed by atoms with Crippen LogP contribution in [0.15, 0.2) is 17.5 Å². The fourth-order valence-electron chi connectivity index (χ4n) is 1.97. The maximum atomic E-state index is 9.73.